The summed E-state index contributed by atoms with van der Waals surface area (Å²) in [6, 6.07) is 9.68. The number of hydrogen-bond acceptors (Lipinski definition) is 4. The molecule has 1 heterocycles. The molecule has 0 aliphatic carbocycles. The highest BCUT2D eigenvalue weighted by molar-refractivity contribution is 6.38. The van der Waals surface area contributed by atoms with Gasteiger partial charge in [0, 0.05) is 10.6 Å². The zero-order valence-electron chi connectivity index (χ0n) is 12.6. The molecule has 0 bridgehead atoms. The molecule has 0 saturated carbocycles. The van der Waals surface area contributed by atoms with E-state index in [-0.39, 0.29) is 23.3 Å². The second-order valence-corrected chi connectivity index (χ2v) is 5.96. The lowest BCUT2D eigenvalue weighted by Crippen LogP contribution is -2.24. The number of hydrogen-bond donors (Lipinski definition) is 0. The summed E-state index contributed by atoms with van der Waals surface area (Å²) in [5.74, 6) is 0.439. The average Bonchev–Trinajstić information content (AvgIpc) is 2.57. The van der Waals surface area contributed by atoms with Crippen molar-refractivity contribution in [2.24, 2.45) is 0 Å². The molecule has 0 fully saturated rings. The molecule has 0 saturated heterocycles. The van der Waals surface area contributed by atoms with E-state index in [1.54, 1.807) is 31.4 Å². The summed E-state index contributed by atoms with van der Waals surface area (Å²) in [4.78, 5) is 29.0. The first-order valence-corrected chi connectivity index (χ1v) is 7.76. The predicted octanol–water partition coefficient (Wildman–Crippen LogP) is 3.59. The van der Waals surface area contributed by atoms with Crippen LogP contribution in [0.3, 0.4) is 0 Å². The summed E-state index contributed by atoms with van der Waals surface area (Å²) < 4.78 is 6.29. The van der Waals surface area contributed by atoms with Gasteiger partial charge in [0.1, 0.15) is 5.75 Å². The number of rotatable bonds is 4. The van der Waals surface area contributed by atoms with Gasteiger partial charge in [0.15, 0.2) is 5.78 Å². The SMILES string of the molecule is COc1ccc(C(=O)Cn2cnc3c(Cl)cc(Cl)cc3c2=O)cc1. The number of fused-ring (bicyclic) bond motifs is 1. The zero-order valence-corrected chi connectivity index (χ0v) is 14.1. The van der Waals surface area contributed by atoms with Gasteiger partial charge in [0.05, 0.1) is 35.9 Å². The van der Waals surface area contributed by atoms with E-state index in [0.29, 0.717) is 26.9 Å². The van der Waals surface area contributed by atoms with Crippen LogP contribution in [0.25, 0.3) is 10.9 Å². The van der Waals surface area contributed by atoms with Crippen LogP contribution in [0.5, 0.6) is 5.75 Å². The molecule has 1 aromatic heterocycles. The van der Waals surface area contributed by atoms with Crippen molar-refractivity contribution < 1.29 is 9.53 Å². The van der Waals surface area contributed by atoms with E-state index in [1.807, 2.05) is 0 Å². The van der Waals surface area contributed by atoms with Gasteiger partial charge in [-0.25, -0.2) is 4.98 Å². The number of Topliss-reactive ketones (excluding diaryl/α,β-unsaturated/α-hetero) is 1. The molecule has 0 aliphatic rings. The molecule has 0 N–H and O–H groups in total. The van der Waals surface area contributed by atoms with Crippen LogP contribution in [0.2, 0.25) is 10.0 Å². The van der Waals surface area contributed by atoms with Crippen molar-refractivity contribution in [3.05, 3.63) is 68.7 Å². The van der Waals surface area contributed by atoms with Crippen molar-refractivity contribution in [1.29, 1.82) is 0 Å². The summed E-state index contributed by atoms with van der Waals surface area (Å²) in [6.45, 7) is -0.127. The number of carbonyl (C=O) groups is 1. The molecule has 0 amide bonds. The molecular weight excluding hydrogens is 351 g/mol. The minimum atomic E-state index is -0.369. The Morgan fingerprint density at radius 2 is 1.92 bits per heavy atom. The largest absolute Gasteiger partial charge is 0.497 e. The summed E-state index contributed by atoms with van der Waals surface area (Å²) in [5, 5.41) is 0.909. The van der Waals surface area contributed by atoms with Crippen molar-refractivity contribution in [3.63, 3.8) is 0 Å². The molecular formula is C17H12Cl2N2O3. The third-order valence-electron chi connectivity index (χ3n) is 3.57. The van der Waals surface area contributed by atoms with Crippen LogP contribution in [0.15, 0.2) is 47.5 Å². The van der Waals surface area contributed by atoms with Crippen LogP contribution in [-0.2, 0) is 6.54 Å². The standard InChI is InChI=1S/C17H12Cl2N2O3/c1-24-12-4-2-10(3-5-12)15(22)8-21-9-20-16-13(17(21)23)6-11(18)7-14(16)19/h2-7,9H,8H2,1H3. The van der Waals surface area contributed by atoms with E-state index in [4.69, 9.17) is 27.9 Å². The van der Waals surface area contributed by atoms with Crippen molar-refractivity contribution in [2.75, 3.05) is 7.11 Å². The minimum absolute atomic E-state index is 0.127. The molecule has 0 unspecified atom stereocenters. The average molecular weight is 363 g/mol. The Balaban J connectivity index is 1.96. The first-order valence-electron chi connectivity index (χ1n) is 7.01. The maximum Gasteiger partial charge on any atom is 0.261 e. The normalized spacial score (nSPS) is 10.8. The molecule has 24 heavy (non-hydrogen) atoms. The highest BCUT2D eigenvalue weighted by Crippen LogP contribution is 2.24. The van der Waals surface area contributed by atoms with Crippen molar-refractivity contribution in [3.8, 4) is 5.75 Å². The number of halogens is 2. The van der Waals surface area contributed by atoms with Crippen molar-refractivity contribution >= 4 is 39.9 Å². The van der Waals surface area contributed by atoms with Gasteiger partial charge in [-0.2, -0.15) is 0 Å². The monoisotopic (exact) mass is 362 g/mol. The second kappa shape index (κ2) is 6.63. The van der Waals surface area contributed by atoms with Gasteiger partial charge in [0.2, 0.25) is 0 Å². The number of ether oxygens (including phenoxy) is 1. The molecule has 3 aromatic rings. The number of methoxy groups -OCH3 is 1. The van der Waals surface area contributed by atoms with Crippen LogP contribution >= 0.6 is 23.2 Å². The van der Waals surface area contributed by atoms with Crippen LogP contribution < -0.4 is 10.3 Å². The number of nitrogens with zero attached hydrogens (tertiary/aromatic N) is 2. The zero-order chi connectivity index (χ0) is 17.3. The Labute approximate surface area is 147 Å². The maximum atomic E-state index is 12.5. The quantitative estimate of drug-likeness (QED) is 0.665. The molecule has 0 spiro atoms. The number of ketones is 1. The molecule has 7 heteroatoms. The predicted molar refractivity (Wildman–Crippen MR) is 93.3 cm³/mol. The van der Waals surface area contributed by atoms with Gasteiger partial charge in [-0.1, -0.05) is 23.2 Å². The van der Waals surface area contributed by atoms with E-state index in [9.17, 15) is 9.59 Å². The third-order valence-corrected chi connectivity index (χ3v) is 4.08. The number of benzene rings is 2. The van der Waals surface area contributed by atoms with E-state index < -0.39 is 0 Å². The fourth-order valence-corrected chi connectivity index (χ4v) is 2.87. The highest BCUT2D eigenvalue weighted by Gasteiger charge is 2.12. The lowest BCUT2D eigenvalue weighted by atomic mass is 10.1. The summed E-state index contributed by atoms with van der Waals surface area (Å²) in [5.41, 5.74) is 0.470. The van der Waals surface area contributed by atoms with Gasteiger partial charge in [-0.05, 0) is 36.4 Å². The second-order valence-electron chi connectivity index (χ2n) is 5.11. The summed E-state index contributed by atoms with van der Waals surface area (Å²) in [7, 11) is 1.55. The topological polar surface area (TPSA) is 61.2 Å². The smallest absolute Gasteiger partial charge is 0.261 e. The van der Waals surface area contributed by atoms with Gasteiger partial charge >= 0.3 is 0 Å². The first kappa shape index (κ1) is 16.5. The molecule has 0 aliphatic heterocycles. The molecule has 122 valence electrons. The van der Waals surface area contributed by atoms with Crippen LogP contribution in [0, 0.1) is 0 Å². The lowest BCUT2D eigenvalue weighted by molar-refractivity contribution is 0.0970. The Morgan fingerprint density at radius 3 is 2.58 bits per heavy atom. The lowest BCUT2D eigenvalue weighted by Gasteiger charge is -2.08. The molecule has 0 atom stereocenters. The van der Waals surface area contributed by atoms with Crippen LogP contribution in [0.4, 0.5) is 0 Å². The summed E-state index contributed by atoms with van der Waals surface area (Å²) in [6.07, 6.45) is 1.31. The van der Waals surface area contributed by atoms with E-state index >= 15 is 0 Å². The third kappa shape index (κ3) is 3.13. The van der Waals surface area contributed by atoms with Crippen LogP contribution in [0.1, 0.15) is 10.4 Å². The van der Waals surface area contributed by atoms with Gasteiger partial charge < -0.3 is 4.74 Å². The Hall–Kier alpha value is -2.37. The van der Waals surface area contributed by atoms with Crippen molar-refractivity contribution in [2.45, 2.75) is 6.54 Å². The highest BCUT2D eigenvalue weighted by atomic mass is 35.5. The molecule has 5 nitrogen and oxygen atoms in total. The van der Waals surface area contributed by atoms with Crippen molar-refractivity contribution in [1.82, 2.24) is 9.55 Å². The van der Waals surface area contributed by atoms with Gasteiger partial charge in [-0.15, -0.1) is 0 Å². The Bertz CT molecular complexity index is 982. The molecule has 0 radical (unpaired) electrons. The summed E-state index contributed by atoms with van der Waals surface area (Å²) >= 11 is 12.0. The molecule has 3 rings (SSSR count). The Morgan fingerprint density at radius 1 is 1.21 bits per heavy atom. The van der Waals surface area contributed by atoms with E-state index in [2.05, 4.69) is 4.98 Å². The fourth-order valence-electron chi connectivity index (χ4n) is 2.33. The van der Waals surface area contributed by atoms with E-state index in [0.717, 1.165) is 0 Å². The minimum Gasteiger partial charge on any atom is -0.497 e. The Kier molecular flexibility index (Phi) is 4.55. The first-order chi connectivity index (χ1) is 11.5. The van der Waals surface area contributed by atoms with Gasteiger partial charge in [0.25, 0.3) is 5.56 Å². The number of carbonyl (C=O) groups excluding carboxylic acids is 1. The maximum absolute atomic E-state index is 12.5. The fraction of sp³-hybridized carbons (Fsp3) is 0.118. The number of aromatic nitrogens is 2. The van der Waals surface area contributed by atoms with Gasteiger partial charge in [-0.3, -0.25) is 14.2 Å². The molecule has 2 aromatic carbocycles. The van der Waals surface area contributed by atoms with Crippen LogP contribution in [-0.4, -0.2) is 22.4 Å². The van der Waals surface area contributed by atoms with E-state index in [1.165, 1.54) is 23.0 Å².